The molecular formula is C15H22N2O3. The SMILES string of the molecule is COc1cccc(N2CCC(C(N)=O)CC2)c1C(C)O. The molecule has 1 atom stereocenters. The second-order valence-electron chi connectivity index (χ2n) is 5.23. The number of methoxy groups -OCH3 is 1. The monoisotopic (exact) mass is 278 g/mol. The van der Waals surface area contributed by atoms with Gasteiger partial charge < -0.3 is 20.5 Å². The zero-order valence-corrected chi connectivity index (χ0v) is 12.0. The van der Waals surface area contributed by atoms with Crippen LogP contribution in [0, 0.1) is 5.92 Å². The molecule has 0 aliphatic carbocycles. The number of rotatable bonds is 4. The molecule has 0 bridgehead atoms. The lowest BCUT2D eigenvalue weighted by Crippen LogP contribution is -2.39. The van der Waals surface area contributed by atoms with Crippen molar-refractivity contribution in [2.24, 2.45) is 11.7 Å². The third-order valence-electron chi connectivity index (χ3n) is 3.92. The van der Waals surface area contributed by atoms with E-state index in [9.17, 15) is 9.90 Å². The summed E-state index contributed by atoms with van der Waals surface area (Å²) < 4.78 is 5.34. The van der Waals surface area contributed by atoms with Crippen molar-refractivity contribution in [2.75, 3.05) is 25.1 Å². The van der Waals surface area contributed by atoms with E-state index in [-0.39, 0.29) is 11.8 Å². The first-order valence-electron chi connectivity index (χ1n) is 6.93. The second-order valence-corrected chi connectivity index (χ2v) is 5.23. The number of nitrogens with two attached hydrogens (primary N) is 1. The normalized spacial score (nSPS) is 17.9. The maximum Gasteiger partial charge on any atom is 0.220 e. The number of ether oxygens (including phenoxy) is 1. The summed E-state index contributed by atoms with van der Waals surface area (Å²) in [6.07, 6.45) is 0.910. The molecule has 1 aromatic carbocycles. The van der Waals surface area contributed by atoms with E-state index in [1.165, 1.54) is 0 Å². The van der Waals surface area contributed by atoms with Crippen LogP contribution in [0.2, 0.25) is 0 Å². The van der Waals surface area contributed by atoms with E-state index >= 15 is 0 Å². The molecule has 1 aliphatic rings. The first kappa shape index (κ1) is 14.7. The zero-order chi connectivity index (χ0) is 14.7. The molecule has 2 rings (SSSR count). The molecule has 0 spiro atoms. The van der Waals surface area contributed by atoms with Crippen molar-refractivity contribution in [3.05, 3.63) is 23.8 Å². The van der Waals surface area contributed by atoms with Crippen molar-refractivity contribution < 1.29 is 14.6 Å². The molecule has 5 nitrogen and oxygen atoms in total. The molecule has 1 aromatic rings. The summed E-state index contributed by atoms with van der Waals surface area (Å²) in [6, 6.07) is 5.75. The van der Waals surface area contributed by atoms with Crippen LogP contribution in [0.25, 0.3) is 0 Å². The number of piperidine rings is 1. The number of carbonyl (C=O) groups is 1. The highest BCUT2D eigenvalue weighted by Crippen LogP contribution is 2.36. The largest absolute Gasteiger partial charge is 0.496 e. The Hall–Kier alpha value is -1.75. The van der Waals surface area contributed by atoms with Gasteiger partial charge in [-0.2, -0.15) is 0 Å². The standard InChI is InChI=1S/C15H22N2O3/c1-10(18)14-12(4-3-5-13(14)20-2)17-8-6-11(7-9-17)15(16)19/h3-5,10-11,18H,6-9H2,1-2H3,(H2,16,19). The summed E-state index contributed by atoms with van der Waals surface area (Å²) in [5.41, 5.74) is 7.13. The van der Waals surface area contributed by atoms with Crippen molar-refractivity contribution in [3.63, 3.8) is 0 Å². The van der Waals surface area contributed by atoms with E-state index in [1.54, 1.807) is 14.0 Å². The Bertz CT molecular complexity index is 480. The maximum atomic E-state index is 11.2. The van der Waals surface area contributed by atoms with Crippen LogP contribution in [0.4, 0.5) is 5.69 Å². The molecule has 1 heterocycles. The van der Waals surface area contributed by atoms with Gasteiger partial charge >= 0.3 is 0 Å². The van der Waals surface area contributed by atoms with Gasteiger partial charge in [-0.15, -0.1) is 0 Å². The second kappa shape index (κ2) is 6.13. The topological polar surface area (TPSA) is 75.8 Å². The summed E-state index contributed by atoms with van der Waals surface area (Å²) in [6.45, 7) is 3.26. The first-order valence-corrected chi connectivity index (χ1v) is 6.93. The molecule has 5 heteroatoms. The smallest absolute Gasteiger partial charge is 0.220 e. The van der Waals surface area contributed by atoms with E-state index in [1.807, 2.05) is 18.2 Å². The van der Waals surface area contributed by atoms with Gasteiger partial charge in [0.1, 0.15) is 5.75 Å². The highest BCUT2D eigenvalue weighted by molar-refractivity contribution is 5.77. The van der Waals surface area contributed by atoms with Crippen LogP contribution in [-0.4, -0.2) is 31.2 Å². The average molecular weight is 278 g/mol. The predicted octanol–water partition coefficient (Wildman–Crippen LogP) is 1.45. The number of aliphatic hydroxyl groups is 1. The first-order chi connectivity index (χ1) is 9.54. The number of nitrogens with zero attached hydrogens (tertiary/aromatic N) is 1. The summed E-state index contributed by atoms with van der Waals surface area (Å²) in [7, 11) is 1.60. The number of primary amides is 1. The zero-order valence-electron chi connectivity index (χ0n) is 12.0. The minimum atomic E-state index is -0.602. The van der Waals surface area contributed by atoms with Gasteiger partial charge in [-0.05, 0) is 31.9 Å². The van der Waals surface area contributed by atoms with Crippen LogP contribution in [0.3, 0.4) is 0 Å². The molecule has 0 aromatic heterocycles. The van der Waals surface area contributed by atoms with Gasteiger partial charge in [-0.1, -0.05) is 6.07 Å². The van der Waals surface area contributed by atoms with Crippen molar-refractivity contribution in [3.8, 4) is 5.75 Å². The van der Waals surface area contributed by atoms with Gasteiger partial charge in [0.25, 0.3) is 0 Å². The van der Waals surface area contributed by atoms with Crippen LogP contribution >= 0.6 is 0 Å². The quantitative estimate of drug-likeness (QED) is 0.874. The molecule has 1 amide bonds. The van der Waals surface area contributed by atoms with Gasteiger partial charge in [-0.25, -0.2) is 0 Å². The fraction of sp³-hybridized carbons (Fsp3) is 0.533. The predicted molar refractivity (Wildman–Crippen MR) is 77.8 cm³/mol. The van der Waals surface area contributed by atoms with Gasteiger partial charge in [-0.3, -0.25) is 4.79 Å². The van der Waals surface area contributed by atoms with Crippen LogP contribution in [0.5, 0.6) is 5.75 Å². The maximum absolute atomic E-state index is 11.2. The number of benzene rings is 1. The molecule has 1 fully saturated rings. The lowest BCUT2D eigenvalue weighted by Gasteiger charge is -2.34. The van der Waals surface area contributed by atoms with E-state index < -0.39 is 6.10 Å². The van der Waals surface area contributed by atoms with Gasteiger partial charge in [0.05, 0.1) is 13.2 Å². The lowest BCUT2D eigenvalue weighted by molar-refractivity contribution is -0.122. The van der Waals surface area contributed by atoms with Gasteiger partial charge in [0.2, 0.25) is 5.91 Å². The molecule has 1 aliphatic heterocycles. The van der Waals surface area contributed by atoms with Crippen LogP contribution in [0.1, 0.15) is 31.4 Å². The number of hydrogen-bond donors (Lipinski definition) is 2. The molecule has 1 unspecified atom stereocenters. The molecule has 3 N–H and O–H groups in total. The summed E-state index contributed by atoms with van der Waals surface area (Å²) in [4.78, 5) is 13.4. The van der Waals surface area contributed by atoms with Crippen LogP contribution < -0.4 is 15.4 Å². The third kappa shape index (κ3) is 2.88. The van der Waals surface area contributed by atoms with Crippen LogP contribution in [0.15, 0.2) is 18.2 Å². The third-order valence-corrected chi connectivity index (χ3v) is 3.92. The number of anilines is 1. The Labute approximate surface area is 119 Å². The van der Waals surface area contributed by atoms with E-state index in [4.69, 9.17) is 10.5 Å². The molecule has 20 heavy (non-hydrogen) atoms. The fourth-order valence-electron chi connectivity index (χ4n) is 2.81. The summed E-state index contributed by atoms with van der Waals surface area (Å²) >= 11 is 0. The van der Waals surface area contributed by atoms with E-state index in [0.29, 0.717) is 5.75 Å². The van der Waals surface area contributed by atoms with Crippen molar-refractivity contribution in [2.45, 2.75) is 25.9 Å². The van der Waals surface area contributed by atoms with Gasteiger partial charge in [0.15, 0.2) is 0 Å². The molecule has 0 saturated carbocycles. The highest BCUT2D eigenvalue weighted by atomic mass is 16.5. The highest BCUT2D eigenvalue weighted by Gasteiger charge is 2.26. The Kier molecular flexibility index (Phi) is 4.49. The molecule has 110 valence electrons. The summed E-state index contributed by atoms with van der Waals surface area (Å²) in [5, 5.41) is 10.0. The minimum absolute atomic E-state index is 0.0353. The lowest BCUT2D eigenvalue weighted by atomic mass is 9.95. The molecule has 1 saturated heterocycles. The van der Waals surface area contributed by atoms with Crippen molar-refractivity contribution >= 4 is 11.6 Å². The Balaban J connectivity index is 2.23. The van der Waals surface area contributed by atoms with Crippen molar-refractivity contribution in [1.82, 2.24) is 0 Å². The minimum Gasteiger partial charge on any atom is -0.496 e. The van der Waals surface area contributed by atoms with E-state index in [0.717, 1.165) is 37.2 Å². The van der Waals surface area contributed by atoms with E-state index in [2.05, 4.69) is 4.90 Å². The van der Waals surface area contributed by atoms with Gasteiger partial charge in [0, 0.05) is 30.3 Å². The number of hydrogen-bond acceptors (Lipinski definition) is 4. The number of aliphatic hydroxyl groups excluding tert-OH is 1. The Morgan fingerprint density at radius 3 is 2.60 bits per heavy atom. The Morgan fingerprint density at radius 1 is 1.45 bits per heavy atom. The average Bonchev–Trinajstić information content (AvgIpc) is 2.46. The van der Waals surface area contributed by atoms with Crippen LogP contribution in [-0.2, 0) is 4.79 Å². The molecular weight excluding hydrogens is 256 g/mol. The fourth-order valence-corrected chi connectivity index (χ4v) is 2.81. The summed E-state index contributed by atoms with van der Waals surface area (Å²) in [5.74, 6) is 0.437. The number of carbonyl (C=O) groups excluding carboxylic acids is 1. The number of amides is 1. The molecule has 0 radical (unpaired) electrons. The Morgan fingerprint density at radius 2 is 2.10 bits per heavy atom. The van der Waals surface area contributed by atoms with Crippen molar-refractivity contribution in [1.29, 1.82) is 0 Å².